The molecule has 7 nitrogen and oxygen atoms in total. The SMILES string of the molecule is CC#Cc1cc(-c2c(C)cc(F)cc2C)c(F)c([C@H](CC(=O)O)NC(=O)[C@@H](CC(C)C)n2cc(C3CCN(CC4CC4(F)F)CC3)c(C(F)(F)F)cc2=O)c1F. The number of alkyl halides is 5. The average Bonchev–Trinajstić information content (AvgIpc) is 3.69. The summed E-state index contributed by atoms with van der Waals surface area (Å²) < 4.78 is 118. The summed E-state index contributed by atoms with van der Waals surface area (Å²) in [4.78, 5) is 41.7. The number of aromatic nitrogens is 1. The predicted molar refractivity (Wildman–Crippen MR) is 193 cm³/mol. The molecule has 1 unspecified atom stereocenters. The van der Waals surface area contributed by atoms with Crippen molar-refractivity contribution >= 4 is 11.9 Å². The fourth-order valence-electron chi connectivity index (χ4n) is 7.75. The number of amides is 1. The number of aryl methyl sites for hydroxylation is 2. The van der Waals surface area contributed by atoms with Crippen LogP contribution in [0.3, 0.4) is 0 Å². The first-order valence-corrected chi connectivity index (χ1v) is 18.3. The van der Waals surface area contributed by atoms with Gasteiger partial charge in [0.25, 0.3) is 11.5 Å². The van der Waals surface area contributed by atoms with Crippen molar-refractivity contribution in [3.05, 3.63) is 91.6 Å². The Kier molecular flexibility index (Phi) is 12.4. The van der Waals surface area contributed by atoms with Gasteiger partial charge in [-0.05, 0) is 105 Å². The van der Waals surface area contributed by atoms with Gasteiger partial charge < -0.3 is 19.9 Å². The van der Waals surface area contributed by atoms with Crippen LogP contribution >= 0.6 is 0 Å². The van der Waals surface area contributed by atoms with Crippen molar-refractivity contribution in [2.75, 3.05) is 19.6 Å². The number of hydrogen-bond acceptors (Lipinski definition) is 4. The summed E-state index contributed by atoms with van der Waals surface area (Å²) in [6, 6.07) is 0.320. The standard InChI is InChI=1S/C41H43F8N3O4/c1-6-7-25-15-28(35-22(4)13-27(42)14-23(35)5)38(44)36(37(25)43)31(17-34(54)55)50-39(56)32(12-21(2)3)52-20-29(30(16-33(52)53)41(47,48)49)24-8-10-51(11-9-24)19-26-18-40(26,45)46/h13-16,20-21,24,26,31-32H,8-12,17-19H2,1-5H3,(H,50,56)(H,54,55)/t26?,31-,32+/m0/s1. The molecule has 2 N–H and O–H groups in total. The van der Waals surface area contributed by atoms with Crippen molar-refractivity contribution in [3.8, 4) is 23.0 Å². The van der Waals surface area contributed by atoms with Crippen LogP contribution < -0.4 is 10.9 Å². The molecule has 2 heterocycles. The van der Waals surface area contributed by atoms with Crippen LogP contribution in [0.15, 0.2) is 35.3 Å². The van der Waals surface area contributed by atoms with Gasteiger partial charge in [-0.1, -0.05) is 19.8 Å². The van der Waals surface area contributed by atoms with E-state index in [1.54, 1.807) is 18.7 Å². The molecule has 1 aromatic heterocycles. The summed E-state index contributed by atoms with van der Waals surface area (Å²) in [5.41, 5.74) is -3.36. The Morgan fingerprint density at radius 2 is 1.62 bits per heavy atom. The van der Waals surface area contributed by atoms with Crippen LogP contribution in [-0.2, 0) is 15.8 Å². The zero-order valence-electron chi connectivity index (χ0n) is 31.5. The molecule has 1 saturated heterocycles. The largest absolute Gasteiger partial charge is 0.481 e. The number of benzene rings is 2. The molecule has 2 aliphatic rings. The lowest BCUT2D eigenvalue weighted by molar-refractivity contribution is -0.139. The number of rotatable bonds is 12. The van der Waals surface area contributed by atoms with Crippen molar-refractivity contribution in [1.29, 1.82) is 0 Å². The van der Waals surface area contributed by atoms with Crippen molar-refractivity contribution < 1.29 is 49.8 Å². The number of likely N-dealkylation sites (tertiary alicyclic amines) is 1. The summed E-state index contributed by atoms with van der Waals surface area (Å²) in [6.45, 7) is 8.32. The van der Waals surface area contributed by atoms with Gasteiger partial charge in [-0.3, -0.25) is 14.4 Å². The molecule has 0 bridgehead atoms. The van der Waals surface area contributed by atoms with Gasteiger partial charge in [0, 0.05) is 42.3 Å². The Bertz CT molecular complexity index is 2100. The average molecular weight is 794 g/mol. The minimum absolute atomic E-state index is 0.110. The molecule has 1 aliphatic carbocycles. The van der Waals surface area contributed by atoms with E-state index in [9.17, 15) is 45.8 Å². The number of nitrogens with zero attached hydrogens (tertiary/aromatic N) is 2. The van der Waals surface area contributed by atoms with E-state index in [0.29, 0.717) is 6.07 Å². The first kappa shape index (κ1) is 42.4. The normalized spacial score (nSPS) is 18.3. The van der Waals surface area contributed by atoms with Gasteiger partial charge in [0.15, 0.2) is 0 Å². The second-order valence-electron chi connectivity index (χ2n) is 15.2. The number of carbonyl (C=O) groups is 2. The van der Waals surface area contributed by atoms with Gasteiger partial charge in [0.2, 0.25) is 5.91 Å². The number of halogens is 8. The third kappa shape index (κ3) is 9.28. The molecule has 1 amide bonds. The van der Waals surface area contributed by atoms with Gasteiger partial charge >= 0.3 is 12.1 Å². The lowest BCUT2D eigenvalue weighted by Crippen LogP contribution is -2.41. The number of carboxylic acid groups (broad SMARTS) is 1. The van der Waals surface area contributed by atoms with Crippen LogP contribution in [0.5, 0.6) is 0 Å². The Balaban J connectivity index is 1.57. The highest BCUT2D eigenvalue weighted by atomic mass is 19.4. The minimum Gasteiger partial charge on any atom is -0.481 e. The molecule has 302 valence electrons. The van der Waals surface area contributed by atoms with Crippen molar-refractivity contribution in [3.63, 3.8) is 0 Å². The summed E-state index contributed by atoms with van der Waals surface area (Å²) >= 11 is 0. The van der Waals surface area contributed by atoms with Crippen LogP contribution in [0, 0.1) is 55.0 Å². The first-order valence-electron chi connectivity index (χ1n) is 18.3. The maximum atomic E-state index is 16.7. The first-order chi connectivity index (χ1) is 26.1. The maximum Gasteiger partial charge on any atom is 0.416 e. The number of pyridine rings is 1. The molecule has 56 heavy (non-hydrogen) atoms. The Hall–Kier alpha value is -4.71. The van der Waals surface area contributed by atoms with Gasteiger partial charge in [0.1, 0.15) is 23.5 Å². The summed E-state index contributed by atoms with van der Waals surface area (Å²) in [5.74, 6) is -5.42. The van der Waals surface area contributed by atoms with Crippen LogP contribution in [-0.4, -0.2) is 52.0 Å². The molecule has 5 rings (SSSR count). The zero-order chi connectivity index (χ0) is 41.4. The second-order valence-corrected chi connectivity index (χ2v) is 15.2. The topological polar surface area (TPSA) is 91.6 Å². The highest BCUT2D eigenvalue weighted by Crippen LogP contribution is 2.49. The van der Waals surface area contributed by atoms with E-state index in [1.807, 2.05) is 0 Å². The van der Waals surface area contributed by atoms with Crippen LogP contribution in [0.2, 0.25) is 0 Å². The van der Waals surface area contributed by atoms with E-state index in [-0.39, 0.29) is 84.6 Å². The van der Waals surface area contributed by atoms with E-state index in [4.69, 9.17) is 0 Å². The van der Waals surface area contributed by atoms with Crippen LogP contribution in [0.25, 0.3) is 11.1 Å². The number of hydrogen-bond donors (Lipinski definition) is 2. The van der Waals surface area contributed by atoms with Gasteiger partial charge in [-0.15, -0.1) is 5.92 Å². The number of carboxylic acids is 1. The highest BCUT2D eigenvalue weighted by Gasteiger charge is 2.57. The lowest BCUT2D eigenvalue weighted by atomic mass is 9.87. The number of piperidine rings is 1. The Morgan fingerprint density at radius 1 is 1.02 bits per heavy atom. The summed E-state index contributed by atoms with van der Waals surface area (Å²) in [7, 11) is 0. The van der Waals surface area contributed by atoms with E-state index in [1.165, 1.54) is 20.8 Å². The molecule has 15 heteroatoms. The molecule has 0 radical (unpaired) electrons. The van der Waals surface area contributed by atoms with Crippen LogP contribution in [0.4, 0.5) is 35.1 Å². The minimum atomic E-state index is -4.95. The summed E-state index contributed by atoms with van der Waals surface area (Å²) in [5, 5.41) is 12.3. The maximum absolute atomic E-state index is 16.7. The van der Waals surface area contributed by atoms with E-state index in [2.05, 4.69) is 17.2 Å². The molecule has 0 spiro atoms. The Morgan fingerprint density at radius 3 is 2.14 bits per heavy atom. The molecule has 3 atom stereocenters. The fraction of sp³-hybridized carbons (Fsp3) is 0.488. The number of nitrogens with one attached hydrogen (secondary N) is 1. The van der Waals surface area contributed by atoms with Crippen molar-refractivity contribution in [2.24, 2.45) is 11.8 Å². The second kappa shape index (κ2) is 16.4. The monoisotopic (exact) mass is 793 g/mol. The molecule has 1 aliphatic heterocycles. The lowest BCUT2D eigenvalue weighted by Gasteiger charge is -2.34. The van der Waals surface area contributed by atoms with E-state index < -0.39 is 88.5 Å². The van der Waals surface area contributed by atoms with Gasteiger partial charge in [-0.25, -0.2) is 22.0 Å². The third-order valence-electron chi connectivity index (χ3n) is 10.5. The number of aliphatic carboxylic acids is 1. The molecular formula is C41H43F8N3O4. The highest BCUT2D eigenvalue weighted by molar-refractivity contribution is 5.82. The summed E-state index contributed by atoms with van der Waals surface area (Å²) in [6.07, 6.45) is -5.10. The van der Waals surface area contributed by atoms with E-state index >= 15 is 8.78 Å². The van der Waals surface area contributed by atoms with Crippen molar-refractivity contribution in [2.45, 2.75) is 96.8 Å². The quantitative estimate of drug-likeness (QED) is 0.142. The van der Waals surface area contributed by atoms with Gasteiger partial charge in [0.05, 0.1) is 23.6 Å². The van der Waals surface area contributed by atoms with Gasteiger partial charge in [-0.2, -0.15) is 13.2 Å². The van der Waals surface area contributed by atoms with Crippen molar-refractivity contribution in [1.82, 2.24) is 14.8 Å². The molecule has 2 aromatic carbocycles. The molecular weight excluding hydrogens is 750 g/mol. The number of carbonyl (C=O) groups excluding carboxylic acids is 1. The van der Waals surface area contributed by atoms with E-state index in [0.717, 1.165) is 29.0 Å². The molecule has 3 aromatic rings. The predicted octanol–water partition coefficient (Wildman–Crippen LogP) is 8.69. The molecule has 2 fully saturated rings. The fourth-order valence-corrected chi connectivity index (χ4v) is 7.75. The third-order valence-corrected chi connectivity index (χ3v) is 10.5. The van der Waals surface area contributed by atoms with Crippen LogP contribution in [0.1, 0.15) is 104 Å². The Labute approximate surface area is 319 Å². The molecule has 1 saturated carbocycles. The zero-order valence-corrected chi connectivity index (χ0v) is 31.5. The smallest absolute Gasteiger partial charge is 0.416 e.